The molecule has 1 aromatic heterocycles. The first-order valence-corrected chi connectivity index (χ1v) is 4.67. The zero-order valence-corrected chi connectivity index (χ0v) is 8.56. The average Bonchev–Trinajstić information content (AvgIpc) is 2.66. The number of nitro groups is 1. The SMILES string of the molecule is COCCNCCc1ccc([N+](=O)[O-])o1. The standard InChI is InChI=1S/C9H14N2O4/c1-14-7-6-10-5-4-8-2-3-9(15-8)11(12)13/h2-3,10H,4-7H2,1H3. The number of hydrogen-bond donors (Lipinski definition) is 1. The lowest BCUT2D eigenvalue weighted by Crippen LogP contribution is -2.21. The number of nitrogens with one attached hydrogen (secondary N) is 1. The van der Waals surface area contributed by atoms with E-state index in [1.165, 1.54) is 6.07 Å². The number of furan rings is 1. The number of methoxy groups -OCH3 is 1. The minimum atomic E-state index is -0.540. The van der Waals surface area contributed by atoms with Gasteiger partial charge in [-0.2, -0.15) is 0 Å². The lowest BCUT2D eigenvalue weighted by atomic mass is 10.3. The summed E-state index contributed by atoms with van der Waals surface area (Å²) >= 11 is 0. The summed E-state index contributed by atoms with van der Waals surface area (Å²) in [4.78, 5) is 9.77. The van der Waals surface area contributed by atoms with Crippen molar-refractivity contribution in [1.29, 1.82) is 0 Å². The molecule has 0 fully saturated rings. The predicted molar refractivity (Wildman–Crippen MR) is 53.8 cm³/mol. The fraction of sp³-hybridized carbons (Fsp3) is 0.556. The molecule has 1 N–H and O–H groups in total. The Morgan fingerprint density at radius 1 is 1.53 bits per heavy atom. The van der Waals surface area contributed by atoms with Gasteiger partial charge in [-0.3, -0.25) is 10.1 Å². The van der Waals surface area contributed by atoms with Crippen molar-refractivity contribution in [3.05, 3.63) is 28.0 Å². The van der Waals surface area contributed by atoms with Crippen molar-refractivity contribution in [2.75, 3.05) is 26.8 Å². The van der Waals surface area contributed by atoms with E-state index in [-0.39, 0.29) is 5.88 Å². The van der Waals surface area contributed by atoms with Crippen LogP contribution >= 0.6 is 0 Å². The molecule has 0 aliphatic heterocycles. The van der Waals surface area contributed by atoms with Crippen molar-refractivity contribution < 1.29 is 14.1 Å². The summed E-state index contributed by atoms with van der Waals surface area (Å²) in [5.41, 5.74) is 0. The van der Waals surface area contributed by atoms with Gasteiger partial charge < -0.3 is 14.5 Å². The fourth-order valence-corrected chi connectivity index (χ4v) is 1.11. The Morgan fingerprint density at radius 3 is 2.93 bits per heavy atom. The largest absolute Gasteiger partial charge is 0.433 e. The highest BCUT2D eigenvalue weighted by Gasteiger charge is 2.10. The van der Waals surface area contributed by atoms with E-state index in [2.05, 4.69) is 5.32 Å². The summed E-state index contributed by atoms with van der Waals surface area (Å²) in [5, 5.41) is 13.4. The van der Waals surface area contributed by atoms with E-state index in [1.807, 2.05) is 0 Å². The highest BCUT2D eigenvalue weighted by molar-refractivity contribution is 5.17. The van der Waals surface area contributed by atoms with Crippen LogP contribution in [-0.2, 0) is 11.2 Å². The van der Waals surface area contributed by atoms with E-state index in [0.29, 0.717) is 25.3 Å². The van der Waals surface area contributed by atoms with Crippen LogP contribution in [0.3, 0.4) is 0 Å². The Bertz CT molecular complexity index is 311. The van der Waals surface area contributed by atoms with Gasteiger partial charge in [0.2, 0.25) is 0 Å². The second-order valence-electron chi connectivity index (χ2n) is 2.99. The molecule has 6 nitrogen and oxygen atoms in total. The normalized spacial score (nSPS) is 10.5. The minimum absolute atomic E-state index is 0.207. The molecular formula is C9H14N2O4. The van der Waals surface area contributed by atoms with Crippen LogP contribution in [0.4, 0.5) is 5.88 Å². The van der Waals surface area contributed by atoms with Crippen molar-refractivity contribution in [2.45, 2.75) is 6.42 Å². The molecule has 0 aromatic carbocycles. The highest BCUT2D eigenvalue weighted by atomic mass is 16.6. The fourth-order valence-electron chi connectivity index (χ4n) is 1.11. The molecule has 0 saturated carbocycles. The topological polar surface area (TPSA) is 77.5 Å². The van der Waals surface area contributed by atoms with Gasteiger partial charge in [-0.15, -0.1) is 0 Å². The number of ether oxygens (including phenoxy) is 1. The second kappa shape index (κ2) is 6.15. The molecule has 1 aromatic rings. The molecule has 0 aliphatic rings. The van der Waals surface area contributed by atoms with Gasteiger partial charge >= 0.3 is 5.88 Å². The molecule has 0 unspecified atom stereocenters. The van der Waals surface area contributed by atoms with Crippen molar-refractivity contribution >= 4 is 5.88 Å². The summed E-state index contributed by atoms with van der Waals surface area (Å²) < 4.78 is 9.84. The molecule has 0 spiro atoms. The lowest BCUT2D eigenvalue weighted by molar-refractivity contribution is -0.402. The van der Waals surface area contributed by atoms with Crippen LogP contribution in [-0.4, -0.2) is 31.7 Å². The Hall–Kier alpha value is -1.40. The minimum Gasteiger partial charge on any atom is -0.406 e. The zero-order valence-electron chi connectivity index (χ0n) is 8.56. The van der Waals surface area contributed by atoms with Gasteiger partial charge in [0.15, 0.2) is 0 Å². The van der Waals surface area contributed by atoms with E-state index in [0.717, 1.165) is 6.54 Å². The van der Waals surface area contributed by atoms with E-state index < -0.39 is 4.92 Å². The van der Waals surface area contributed by atoms with Gasteiger partial charge in [0, 0.05) is 26.6 Å². The zero-order chi connectivity index (χ0) is 11.1. The second-order valence-corrected chi connectivity index (χ2v) is 2.99. The van der Waals surface area contributed by atoms with Gasteiger partial charge in [0.25, 0.3) is 0 Å². The third-order valence-corrected chi connectivity index (χ3v) is 1.86. The number of rotatable bonds is 7. The Kier molecular flexibility index (Phi) is 4.79. The molecule has 84 valence electrons. The van der Waals surface area contributed by atoms with Crippen molar-refractivity contribution in [3.8, 4) is 0 Å². The predicted octanol–water partition coefficient (Wildman–Crippen LogP) is 0.966. The van der Waals surface area contributed by atoms with Crippen LogP contribution in [0, 0.1) is 10.1 Å². The molecule has 1 heterocycles. The smallest absolute Gasteiger partial charge is 0.406 e. The first-order chi connectivity index (χ1) is 7.24. The highest BCUT2D eigenvalue weighted by Crippen LogP contribution is 2.15. The maximum Gasteiger partial charge on any atom is 0.433 e. The van der Waals surface area contributed by atoms with Crippen LogP contribution in [0.15, 0.2) is 16.5 Å². The van der Waals surface area contributed by atoms with Crippen LogP contribution in [0.1, 0.15) is 5.76 Å². The summed E-state index contributed by atoms with van der Waals surface area (Å²) in [5.74, 6) is 0.411. The average molecular weight is 214 g/mol. The molecule has 0 radical (unpaired) electrons. The van der Waals surface area contributed by atoms with E-state index in [4.69, 9.17) is 9.15 Å². The maximum absolute atomic E-state index is 10.3. The number of nitrogens with zero attached hydrogens (tertiary/aromatic N) is 1. The molecular weight excluding hydrogens is 200 g/mol. The number of hydrogen-bond acceptors (Lipinski definition) is 5. The molecule has 0 bridgehead atoms. The summed E-state index contributed by atoms with van der Waals surface area (Å²) in [7, 11) is 1.64. The van der Waals surface area contributed by atoms with Crippen LogP contribution in [0.5, 0.6) is 0 Å². The summed E-state index contributed by atoms with van der Waals surface area (Å²) in [6, 6.07) is 2.99. The summed E-state index contributed by atoms with van der Waals surface area (Å²) in [6.45, 7) is 2.13. The molecule has 1 rings (SSSR count). The van der Waals surface area contributed by atoms with Crippen molar-refractivity contribution in [2.24, 2.45) is 0 Å². The Balaban J connectivity index is 2.23. The van der Waals surface area contributed by atoms with Gasteiger partial charge in [-0.1, -0.05) is 0 Å². The van der Waals surface area contributed by atoms with Gasteiger partial charge in [-0.25, -0.2) is 0 Å². The quantitative estimate of drug-likeness (QED) is 0.415. The lowest BCUT2D eigenvalue weighted by Gasteiger charge is -2.01. The van der Waals surface area contributed by atoms with E-state index >= 15 is 0 Å². The van der Waals surface area contributed by atoms with Crippen molar-refractivity contribution in [1.82, 2.24) is 5.32 Å². The van der Waals surface area contributed by atoms with Gasteiger partial charge in [0.05, 0.1) is 12.7 Å². The molecule has 0 amide bonds. The van der Waals surface area contributed by atoms with E-state index in [1.54, 1.807) is 13.2 Å². The van der Waals surface area contributed by atoms with Crippen LogP contribution in [0.25, 0.3) is 0 Å². The van der Waals surface area contributed by atoms with E-state index in [9.17, 15) is 10.1 Å². The third kappa shape index (κ3) is 4.09. The maximum atomic E-state index is 10.3. The first-order valence-electron chi connectivity index (χ1n) is 4.67. The van der Waals surface area contributed by atoms with Crippen molar-refractivity contribution in [3.63, 3.8) is 0 Å². The molecule has 0 saturated heterocycles. The van der Waals surface area contributed by atoms with Crippen LogP contribution < -0.4 is 5.32 Å². The molecule has 0 aliphatic carbocycles. The monoisotopic (exact) mass is 214 g/mol. The third-order valence-electron chi connectivity index (χ3n) is 1.86. The Labute approximate surface area is 87.4 Å². The molecule has 15 heavy (non-hydrogen) atoms. The molecule has 6 heteroatoms. The first kappa shape index (κ1) is 11.7. The van der Waals surface area contributed by atoms with Crippen LogP contribution in [0.2, 0.25) is 0 Å². The van der Waals surface area contributed by atoms with Gasteiger partial charge in [-0.05, 0) is 6.07 Å². The van der Waals surface area contributed by atoms with Gasteiger partial charge in [0.1, 0.15) is 10.7 Å². The Morgan fingerprint density at radius 2 is 2.33 bits per heavy atom. The summed E-state index contributed by atoms with van der Waals surface area (Å²) in [6.07, 6.45) is 0.636. The molecule has 0 atom stereocenters.